The predicted molar refractivity (Wildman–Crippen MR) is 106 cm³/mol. The molecule has 25 heavy (non-hydrogen) atoms. The zero-order chi connectivity index (χ0) is 17.8. The van der Waals surface area contributed by atoms with Crippen molar-refractivity contribution < 1.29 is 4.79 Å². The molecule has 3 N–H and O–H groups in total. The molecular formula is C20H31N3OS. The molecule has 3 rings (SSSR count). The number of hydrogen-bond acceptors (Lipinski definition) is 4. The number of nitrogens with zero attached hydrogens (tertiary/aromatic N) is 1. The summed E-state index contributed by atoms with van der Waals surface area (Å²) in [6, 6.07) is 9.67. The lowest BCUT2D eigenvalue weighted by Gasteiger charge is -2.48. The fourth-order valence-electron chi connectivity index (χ4n) is 4.20. The van der Waals surface area contributed by atoms with Crippen LogP contribution in [0.25, 0.3) is 0 Å². The van der Waals surface area contributed by atoms with E-state index in [0.29, 0.717) is 0 Å². The van der Waals surface area contributed by atoms with Gasteiger partial charge in [0, 0.05) is 36.7 Å². The maximum absolute atomic E-state index is 12.9. The highest BCUT2D eigenvalue weighted by Gasteiger charge is 2.40. The molecule has 1 aromatic carbocycles. The Balaban J connectivity index is 1.69. The Hall–Kier alpha value is -1.04. The van der Waals surface area contributed by atoms with Crippen LogP contribution < -0.4 is 11.1 Å². The second-order valence-electron chi connectivity index (χ2n) is 7.64. The maximum atomic E-state index is 12.9. The molecule has 1 unspecified atom stereocenters. The van der Waals surface area contributed by atoms with Crippen LogP contribution >= 0.6 is 11.8 Å². The molecule has 1 aliphatic carbocycles. The summed E-state index contributed by atoms with van der Waals surface area (Å²) in [6.07, 6.45) is 6.21. The maximum Gasteiger partial charge on any atom is 0.244 e. The van der Waals surface area contributed by atoms with Crippen molar-refractivity contribution in [3.63, 3.8) is 0 Å². The van der Waals surface area contributed by atoms with E-state index < -0.39 is 5.54 Å². The van der Waals surface area contributed by atoms with Crippen molar-refractivity contribution in [2.75, 3.05) is 31.1 Å². The van der Waals surface area contributed by atoms with Crippen LogP contribution in [0.1, 0.15) is 44.6 Å². The number of carbonyl (C=O) groups is 1. The van der Waals surface area contributed by atoms with Gasteiger partial charge in [-0.15, -0.1) is 0 Å². The van der Waals surface area contributed by atoms with Crippen LogP contribution in [0.4, 0.5) is 0 Å². The van der Waals surface area contributed by atoms with Crippen LogP contribution in [0, 0.1) is 0 Å². The second-order valence-corrected chi connectivity index (χ2v) is 8.86. The number of amides is 1. The smallest absolute Gasteiger partial charge is 0.244 e. The second kappa shape index (κ2) is 8.11. The number of nitrogens with two attached hydrogens (primary N) is 1. The van der Waals surface area contributed by atoms with Gasteiger partial charge in [-0.2, -0.15) is 11.8 Å². The van der Waals surface area contributed by atoms with E-state index >= 15 is 0 Å². The number of hydrogen-bond donors (Lipinski definition) is 2. The van der Waals surface area contributed by atoms with Crippen LogP contribution in [0.3, 0.4) is 0 Å². The first kappa shape index (κ1) is 18.7. The molecule has 1 heterocycles. The van der Waals surface area contributed by atoms with Crippen molar-refractivity contribution in [1.29, 1.82) is 0 Å². The first-order valence-corrected chi connectivity index (χ1v) is 10.7. The molecule has 0 aromatic heterocycles. The third-order valence-corrected chi connectivity index (χ3v) is 6.83. The highest BCUT2D eigenvalue weighted by Crippen LogP contribution is 2.35. The van der Waals surface area contributed by atoms with Crippen LogP contribution in [0.5, 0.6) is 0 Å². The van der Waals surface area contributed by atoms with Gasteiger partial charge in [0.05, 0.1) is 0 Å². The summed E-state index contributed by atoms with van der Waals surface area (Å²) in [5.41, 5.74) is 6.39. The Morgan fingerprint density at radius 2 is 1.84 bits per heavy atom. The summed E-state index contributed by atoms with van der Waals surface area (Å²) in [7, 11) is 0. The van der Waals surface area contributed by atoms with Gasteiger partial charge in [-0.3, -0.25) is 9.69 Å². The number of nitrogens with one attached hydrogen (secondary N) is 1. The summed E-state index contributed by atoms with van der Waals surface area (Å²) >= 11 is 2.04. The number of carbonyl (C=O) groups excluding carboxylic acids is 1. The number of thioether (sulfide) groups is 1. The standard InChI is InChI=1S/C20H31N3OS/c1-19(21,17-8-4-2-5-9-17)18(24)22-16-20(10-6-3-7-11-20)23-12-14-25-15-13-23/h2,4-5,8-9H,3,6-7,10-16,21H2,1H3,(H,22,24). The van der Waals surface area contributed by atoms with Gasteiger partial charge >= 0.3 is 0 Å². The van der Waals surface area contributed by atoms with Crippen molar-refractivity contribution in [3.8, 4) is 0 Å². The first-order valence-electron chi connectivity index (χ1n) is 9.50. The molecule has 4 nitrogen and oxygen atoms in total. The van der Waals surface area contributed by atoms with Crippen LogP contribution in [0.15, 0.2) is 30.3 Å². The van der Waals surface area contributed by atoms with Gasteiger partial charge in [-0.1, -0.05) is 49.6 Å². The third kappa shape index (κ3) is 4.21. The Morgan fingerprint density at radius 3 is 2.48 bits per heavy atom. The van der Waals surface area contributed by atoms with Gasteiger partial charge in [-0.25, -0.2) is 0 Å². The van der Waals surface area contributed by atoms with Crippen molar-refractivity contribution in [3.05, 3.63) is 35.9 Å². The molecule has 1 saturated carbocycles. The highest BCUT2D eigenvalue weighted by atomic mass is 32.2. The van der Waals surface area contributed by atoms with E-state index in [0.717, 1.165) is 25.2 Å². The first-order chi connectivity index (χ1) is 12.0. The van der Waals surface area contributed by atoms with Gasteiger partial charge < -0.3 is 11.1 Å². The molecule has 1 atom stereocenters. The Morgan fingerprint density at radius 1 is 1.20 bits per heavy atom. The molecule has 0 bridgehead atoms. The average molecular weight is 362 g/mol. The molecule has 0 radical (unpaired) electrons. The molecule has 1 saturated heterocycles. The Bertz CT molecular complexity index is 564. The van der Waals surface area contributed by atoms with Crippen molar-refractivity contribution in [2.45, 2.75) is 50.1 Å². The monoisotopic (exact) mass is 361 g/mol. The molecule has 2 aliphatic rings. The van der Waals surface area contributed by atoms with Crippen molar-refractivity contribution in [2.24, 2.45) is 5.73 Å². The molecule has 1 aliphatic heterocycles. The summed E-state index contributed by atoms with van der Waals surface area (Å²) in [5.74, 6) is 2.33. The van der Waals surface area contributed by atoms with E-state index in [9.17, 15) is 4.79 Å². The summed E-state index contributed by atoms with van der Waals surface area (Å²) < 4.78 is 0. The minimum Gasteiger partial charge on any atom is -0.352 e. The Labute approximate surface area is 155 Å². The van der Waals surface area contributed by atoms with Gasteiger partial charge in [0.15, 0.2) is 0 Å². The van der Waals surface area contributed by atoms with Gasteiger partial charge in [0.25, 0.3) is 0 Å². The molecule has 1 amide bonds. The molecular weight excluding hydrogens is 330 g/mol. The van der Waals surface area contributed by atoms with Gasteiger partial charge in [0.2, 0.25) is 5.91 Å². The predicted octanol–water partition coefficient (Wildman–Crippen LogP) is 2.73. The largest absolute Gasteiger partial charge is 0.352 e. The highest BCUT2D eigenvalue weighted by molar-refractivity contribution is 7.99. The normalized spacial score (nSPS) is 23.6. The van der Waals surface area contributed by atoms with E-state index in [4.69, 9.17) is 5.73 Å². The van der Waals surface area contributed by atoms with Crippen LogP contribution in [0.2, 0.25) is 0 Å². The SMILES string of the molecule is CC(N)(C(=O)NCC1(N2CCSCC2)CCCCC1)c1ccccc1. The van der Waals surface area contributed by atoms with E-state index in [-0.39, 0.29) is 11.4 Å². The molecule has 5 heteroatoms. The summed E-state index contributed by atoms with van der Waals surface area (Å²) in [4.78, 5) is 15.5. The van der Waals surface area contributed by atoms with Crippen LogP contribution in [-0.4, -0.2) is 47.5 Å². The molecule has 2 fully saturated rings. The lowest BCUT2D eigenvalue weighted by atomic mass is 9.79. The van der Waals surface area contributed by atoms with Crippen molar-refractivity contribution in [1.82, 2.24) is 10.2 Å². The quantitative estimate of drug-likeness (QED) is 0.847. The van der Waals surface area contributed by atoms with Gasteiger partial charge in [-0.05, 0) is 25.3 Å². The molecule has 0 spiro atoms. The van der Waals surface area contributed by atoms with E-state index in [1.54, 1.807) is 0 Å². The fourth-order valence-corrected chi connectivity index (χ4v) is 5.10. The Kier molecular flexibility index (Phi) is 6.08. The zero-order valence-electron chi connectivity index (χ0n) is 15.3. The van der Waals surface area contributed by atoms with Gasteiger partial charge in [0.1, 0.15) is 5.54 Å². The topological polar surface area (TPSA) is 58.4 Å². The fraction of sp³-hybridized carbons (Fsp3) is 0.650. The zero-order valence-corrected chi connectivity index (χ0v) is 16.1. The number of benzene rings is 1. The van der Waals surface area contributed by atoms with E-state index in [1.165, 1.54) is 43.6 Å². The third-order valence-electron chi connectivity index (χ3n) is 5.89. The lowest BCUT2D eigenvalue weighted by molar-refractivity contribution is -0.127. The summed E-state index contributed by atoms with van der Waals surface area (Å²) in [5, 5.41) is 3.22. The molecule has 138 valence electrons. The minimum atomic E-state index is -0.991. The number of rotatable bonds is 5. The molecule has 1 aromatic rings. The summed E-state index contributed by atoms with van der Waals surface area (Å²) in [6.45, 7) is 4.80. The average Bonchev–Trinajstić information content (AvgIpc) is 2.68. The van der Waals surface area contributed by atoms with E-state index in [2.05, 4.69) is 10.2 Å². The van der Waals surface area contributed by atoms with E-state index in [1.807, 2.05) is 49.0 Å². The lowest BCUT2D eigenvalue weighted by Crippen LogP contribution is -2.61. The van der Waals surface area contributed by atoms with Crippen LogP contribution in [-0.2, 0) is 10.3 Å². The van der Waals surface area contributed by atoms with Crippen molar-refractivity contribution >= 4 is 17.7 Å². The minimum absolute atomic E-state index is 0.0740.